The van der Waals surface area contributed by atoms with E-state index < -0.39 is 0 Å². The van der Waals surface area contributed by atoms with Crippen LogP contribution in [0.2, 0.25) is 0 Å². The van der Waals surface area contributed by atoms with Crippen LogP contribution in [0.3, 0.4) is 0 Å². The Balaban J connectivity index is 0.000000490. The van der Waals surface area contributed by atoms with Crippen molar-refractivity contribution in [2.24, 2.45) is 0 Å². The fraction of sp³-hybridized carbons (Fsp3) is 0. The second-order valence-electron chi connectivity index (χ2n) is 1.20. The first-order valence-electron chi connectivity index (χ1n) is 1.98. The van der Waals surface area contributed by atoms with Crippen molar-refractivity contribution in [1.29, 1.82) is 0 Å². The molecule has 0 aromatic carbocycles. The van der Waals surface area contributed by atoms with Gasteiger partial charge in [-0.2, -0.15) is 6.07 Å². The Labute approximate surface area is 90.9 Å². The Morgan fingerprint density at radius 2 is 2.38 bits per heavy atom. The van der Waals surface area contributed by atoms with Gasteiger partial charge in [-0.1, -0.05) is 18.1 Å². The van der Waals surface area contributed by atoms with Crippen LogP contribution < -0.4 is 57.1 Å². The Kier molecular flexibility index (Phi) is 4.79. The van der Waals surface area contributed by atoms with E-state index in [0.29, 0.717) is 5.69 Å². The van der Waals surface area contributed by atoms with E-state index in [9.17, 15) is 0 Å². The minimum Gasteiger partial charge on any atom is -0.418 e. The molecule has 2 nitrogen and oxygen atoms in total. The number of nitrogens with two attached hydrogens (primary N) is 1. The molecule has 0 atom stereocenters. The molecular formula is C5H5KN2. The van der Waals surface area contributed by atoms with Gasteiger partial charge in [-0.05, 0) is 0 Å². The number of rotatable bonds is 0. The second-order valence-corrected chi connectivity index (χ2v) is 1.20. The summed E-state index contributed by atoms with van der Waals surface area (Å²) in [5.41, 5.74) is 5.83. The molecule has 0 bridgehead atoms. The van der Waals surface area contributed by atoms with Gasteiger partial charge in [0.15, 0.2) is 0 Å². The molecule has 0 saturated heterocycles. The van der Waals surface area contributed by atoms with Gasteiger partial charge in [0.05, 0.1) is 0 Å². The van der Waals surface area contributed by atoms with Crippen molar-refractivity contribution in [3.8, 4) is 0 Å². The van der Waals surface area contributed by atoms with Crippen LogP contribution in [0.25, 0.3) is 0 Å². The van der Waals surface area contributed by atoms with Gasteiger partial charge < -0.3 is 10.7 Å². The van der Waals surface area contributed by atoms with Crippen molar-refractivity contribution in [2.45, 2.75) is 0 Å². The molecule has 1 aromatic heterocycles. The van der Waals surface area contributed by atoms with Crippen molar-refractivity contribution >= 4 is 5.69 Å². The molecule has 0 radical (unpaired) electrons. The molecular weight excluding hydrogens is 127 g/mol. The van der Waals surface area contributed by atoms with Crippen LogP contribution in [0.1, 0.15) is 0 Å². The maximum atomic E-state index is 5.24. The quantitative estimate of drug-likeness (QED) is 0.312. The molecule has 3 heteroatoms. The fourth-order valence-corrected chi connectivity index (χ4v) is 0.339. The second kappa shape index (κ2) is 4.46. The molecule has 8 heavy (non-hydrogen) atoms. The maximum Gasteiger partial charge on any atom is 1.00 e. The van der Waals surface area contributed by atoms with E-state index in [1.54, 1.807) is 18.3 Å². The number of pyridine rings is 1. The average molecular weight is 132 g/mol. The fourth-order valence-electron chi connectivity index (χ4n) is 0.339. The molecule has 0 aliphatic heterocycles. The number of hydrogen-bond acceptors (Lipinski definition) is 2. The Morgan fingerprint density at radius 1 is 1.62 bits per heavy atom. The summed E-state index contributed by atoms with van der Waals surface area (Å²) in [6.45, 7) is 0. The van der Waals surface area contributed by atoms with Crippen molar-refractivity contribution in [1.82, 2.24) is 4.98 Å². The number of aromatic nitrogens is 1. The summed E-state index contributed by atoms with van der Waals surface area (Å²) in [7, 11) is 0. The minimum atomic E-state index is 0. The third kappa shape index (κ3) is 2.79. The Morgan fingerprint density at radius 3 is 2.62 bits per heavy atom. The largest absolute Gasteiger partial charge is 1.00 e. The van der Waals surface area contributed by atoms with Gasteiger partial charge in [-0.3, -0.25) is 0 Å². The predicted molar refractivity (Wildman–Crippen MR) is 27.5 cm³/mol. The Bertz CT molecular complexity index is 140. The van der Waals surface area contributed by atoms with E-state index in [-0.39, 0.29) is 51.4 Å². The van der Waals surface area contributed by atoms with Crippen LogP contribution in [0.15, 0.2) is 18.3 Å². The van der Waals surface area contributed by atoms with Crippen molar-refractivity contribution in [3.05, 3.63) is 24.5 Å². The zero-order valence-electron chi connectivity index (χ0n) is 4.76. The molecule has 1 aromatic rings. The maximum absolute atomic E-state index is 5.24. The molecule has 1 rings (SSSR count). The van der Waals surface area contributed by atoms with Gasteiger partial charge in [-0.15, -0.1) is 6.07 Å². The minimum absolute atomic E-state index is 0. The monoisotopic (exact) mass is 132 g/mol. The third-order valence-electron chi connectivity index (χ3n) is 0.630. The van der Waals surface area contributed by atoms with Gasteiger partial charge in [-0.25, -0.2) is 0 Å². The SMILES string of the molecule is Nc1[c-]nccc1.[K+]. The first-order chi connectivity index (χ1) is 3.39. The molecule has 0 amide bonds. The van der Waals surface area contributed by atoms with E-state index in [0.717, 1.165) is 0 Å². The van der Waals surface area contributed by atoms with Crippen LogP contribution in [-0.2, 0) is 0 Å². The normalized spacial score (nSPS) is 7.50. The number of hydrogen-bond donors (Lipinski definition) is 1. The molecule has 0 aliphatic rings. The standard InChI is InChI=1S/C5H5N2.K/c6-5-2-1-3-7-4-5;/h1-3H,6H2;/q-1;+1. The summed E-state index contributed by atoms with van der Waals surface area (Å²) in [6, 6.07) is 3.51. The predicted octanol–water partition coefficient (Wildman–Crippen LogP) is -2.53. The molecule has 2 N–H and O–H groups in total. The number of nitrogens with zero attached hydrogens (tertiary/aromatic N) is 1. The molecule has 1 heterocycles. The van der Waals surface area contributed by atoms with Gasteiger partial charge in [0.25, 0.3) is 0 Å². The molecule has 0 aliphatic carbocycles. The summed E-state index contributed by atoms with van der Waals surface area (Å²) in [5, 5.41) is 0. The summed E-state index contributed by atoms with van der Waals surface area (Å²) in [6.07, 6.45) is 4.19. The topological polar surface area (TPSA) is 38.9 Å². The average Bonchev–Trinajstić information content (AvgIpc) is 1.69. The van der Waals surface area contributed by atoms with Crippen molar-refractivity contribution < 1.29 is 51.4 Å². The van der Waals surface area contributed by atoms with Crippen LogP contribution >= 0.6 is 0 Å². The first-order valence-corrected chi connectivity index (χ1v) is 1.98. The molecule has 0 spiro atoms. The van der Waals surface area contributed by atoms with E-state index in [1.165, 1.54) is 0 Å². The Hall–Kier alpha value is 0.586. The van der Waals surface area contributed by atoms with E-state index in [2.05, 4.69) is 11.2 Å². The van der Waals surface area contributed by atoms with E-state index in [4.69, 9.17) is 5.73 Å². The van der Waals surface area contributed by atoms with Crippen LogP contribution in [-0.4, -0.2) is 4.98 Å². The zero-order chi connectivity index (χ0) is 5.11. The third-order valence-corrected chi connectivity index (χ3v) is 0.630. The van der Waals surface area contributed by atoms with Crippen LogP contribution in [0, 0.1) is 6.20 Å². The summed E-state index contributed by atoms with van der Waals surface area (Å²) < 4.78 is 0. The van der Waals surface area contributed by atoms with Gasteiger partial charge >= 0.3 is 51.4 Å². The smallest absolute Gasteiger partial charge is 0.418 e. The summed E-state index contributed by atoms with van der Waals surface area (Å²) >= 11 is 0. The number of anilines is 1. The van der Waals surface area contributed by atoms with Gasteiger partial charge in [0.2, 0.25) is 0 Å². The van der Waals surface area contributed by atoms with Gasteiger partial charge in [0, 0.05) is 0 Å². The zero-order valence-corrected chi connectivity index (χ0v) is 7.88. The molecule has 0 unspecified atom stereocenters. The van der Waals surface area contributed by atoms with Crippen LogP contribution in [0.5, 0.6) is 0 Å². The molecule has 0 saturated carbocycles. The summed E-state index contributed by atoms with van der Waals surface area (Å²) in [4.78, 5) is 3.63. The van der Waals surface area contributed by atoms with E-state index in [1.807, 2.05) is 0 Å². The first kappa shape index (κ1) is 8.59. The number of nitrogen functional groups attached to an aromatic ring is 1. The summed E-state index contributed by atoms with van der Waals surface area (Å²) in [5.74, 6) is 0. The van der Waals surface area contributed by atoms with E-state index >= 15 is 0 Å². The van der Waals surface area contributed by atoms with Crippen molar-refractivity contribution in [3.63, 3.8) is 0 Å². The van der Waals surface area contributed by atoms with Gasteiger partial charge in [0.1, 0.15) is 0 Å². The van der Waals surface area contributed by atoms with Crippen molar-refractivity contribution in [2.75, 3.05) is 5.73 Å². The molecule has 36 valence electrons. The molecule has 0 fully saturated rings. The van der Waals surface area contributed by atoms with Crippen LogP contribution in [0.4, 0.5) is 5.69 Å².